The van der Waals surface area contributed by atoms with Gasteiger partial charge in [-0.05, 0) is 44.4 Å². The van der Waals surface area contributed by atoms with Crippen molar-refractivity contribution in [2.45, 2.75) is 38.6 Å². The zero-order valence-electron chi connectivity index (χ0n) is 12.1. The van der Waals surface area contributed by atoms with Crippen LogP contribution in [0, 0.1) is 0 Å². The summed E-state index contributed by atoms with van der Waals surface area (Å²) in [5.41, 5.74) is 0.592. The Bertz CT molecular complexity index is 569. The number of amides is 1. The van der Waals surface area contributed by atoms with Crippen molar-refractivity contribution in [3.05, 3.63) is 23.8 Å². The van der Waals surface area contributed by atoms with Gasteiger partial charge in [0.2, 0.25) is 6.79 Å². The minimum Gasteiger partial charge on any atom is -0.454 e. The fourth-order valence-electron chi connectivity index (χ4n) is 3.01. The molecule has 2 aliphatic heterocycles. The molecule has 21 heavy (non-hydrogen) atoms. The first-order valence-electron chi connectivity index (χ1n) is 7.35. The molecular formula is C16H19NO4. The van der Waals surface area contributed by atoms with E-state index in [9.17, 15) is 9.59 Å². The molecule has 1 saturated heterocycles. The lowest BCUT2D eigenvalue weighted by molar-refractivity contribution is -0.118. The van der Waals surface area contributed by atoms with E-state index in [-0.39, 0.29) is 24.5 Å². The zero-order valence-corrected chi connectivity index (χ0v) is 12.1. The highest BCUT2D eigenvalue weighted by molar-refractivity contribution is 5.95. The molecule has 1 atom stereocenters. The number of hydrogen-bond acceptors (Lipinski definition) is 4. The first kappa shape index (κ1) is 13.9. The first-order valence-corrected chi connectivity index (χ1v) is 7.35. The van der Waals surface area contributed by atoms with Crippen LogP contribution >= 0.6 is 0 Å². The van der Waals surface area contributed by atoms with Gasteiger partial charge in [-0.2, -0.15) is 0 Å². The maximum Gasteiger partial charge on any atom is 0.254 e. The molecule has 1 unspecified atom stereocenters. The maximum atomic E-state index is 12.7. The van der Waals surface area contributed by atoms with Crippen LogP contribution in [0.25, 0.3) is 0 Å². The topological polar surface area (TPSA) is 55.8 Å². The molecule has 1 aromatic carbocycles. The van der Waals surface area contributed by atoms with E-state index in [4.69, 9.17) is 9.47 Å². The monoisotopic (exact) mass is 289 g/mol. The number of hydrogen-bond donors (Lipinski definition) is 0. The quantitative estimate of drug-likeness (QED) is 0.857. The molecule has 0 aliphatic carbocycles. The highest BCUT2D eigenvalue weighted by atomic mass is 16.7. The first-order chi connectivity index (χ1) is 10.1. The molecule has 2 aliphatic rings. The van der Waals surface area contributed by atoms with Gasteiger partial charge in [-0.15, -0.1) is 0 Å². The lowest BCUT2D eigenvalue weighted by Crippen LogP contribution is -2.44. The molecule has 5 nitrogen and oxygen atoms in total. The summed E-state index contributed by atoms with van der Waals surface area (Å²) in [5.74, 6) is 1.39. The van der Waals surface area contributed by atoms with Crippen molar-refractivity contribution in [2.75, 3.05) is 13.3 Å². The van der Waals surface area contributed by atoms with Crippen molar-refractivity contribution in [1.82, 2.24) is 4.90 Å². The smallest absolute Gasteiger partial charge is 0.254 e. The molecule has 2 heterocycles. The molecule has 1 fully saturated rings. The van der Waals surface area contributed by atoms with Gasteiger partial charge in [-0.1, -0.05) is 0 Å². The molecule has 0 spiro atoms. The Kier molecular flexibility index (Phi) is 3.82. The standard InChI is InChI=1S/C16H19NO4/c1-11(18)8-13-4-2-3-7-17(13)16(19)12-5-6-14-15(9-12)21-10-20-14/h5-6,9,13H,2-4,7-8,10H2,1H3. The fourth-order valence-corrected chi connectivity index (χ4v) is 3.01. The van der Waals surface area contributed by atoms with E-state index in [0.717, 1.165) is 19.3 Å². The molecule has 3 rings (SSSR count). The SMILES string of the molecule is CC(=O)CC1CCCCN1C(=O)c1ccc2c(c1)OCO2. The Balaban J connectivity index is 1.80. The van der Waals surface area contributed by atoms with Crippen molar-refractivity contribution in [1.29, 1.82) is 0 Å². The van der Waals surface area contributed by atoms with E-state index < -0.39 is 0 Å². The molecular weight excluding hydrogens is 270 g/mol. The normalized spacial score (nSPS) is 20.4. The third kappa shape index (κ3) is 2.86. The molecule has 1 amide bonds. The number of nitrogens with zero attached hydrogens (tertiary/aromatic N) is 1. The van der Waals surface area contributed by atoms with Gasteiger partial charge in [0.05, 0.1) is 0 Å². The summed E-state index contributed by atoms with van der Waals surface area (Å²) in [5, 5.41) is 0. The van der Waals surface area contributed by atoms with Crippen LogP contribution in [-0.2, 0) is 4.79 Å². The highest BCUT2D eigenvalue weighted by Crippen LogP contribution is 2.33. The second kappa shape index (κ2) is 5.76. The Hall–Kier alpha value is -2.04. The van der Waals surface area contributed by atoms with Crippen LogP contribution < -0.4 is 9.47 Å². The third-order valence-corrected chi connectivity index (χ3v) is 4.03. The molecule has 0 aromatic heterocycles. The summed E-state index contributed by atoms with van der Waals surface area (Å²) < 4.78 is 10.6. The molecule has 0 N–H and O–H groups in total. The van der Waals surface area contributed by atoms with Gasteiger partial charge < -0.3 is 14.4 Å². The van der Waals surface area contributed by atoms with E-state index >= 15 is 0 Å². The number of carbonyl (C=O) groups is 2. The second-order valence-corrected chi connectivity index (χ2v) is 5.62. The van der Waals surface area contributed by atoms with Crippen molar-refractivity contribution in [3.8, 4) is 11.5 Å². The Morgan fingerprint density at radius 2 is 2.05 bits per heavy atom. The van der Waals surface area contributed by atoms with Gasteiger partial charge in [0, 0.05) is 24.6 Å². The van der Waals surface area contributed by atoms with Crippen LogP contribution in [0.15, 0.2) is 18.2 Å². The van der Waals surface area contributed by atoms with Crippen LogP contribution in [0.4, 0.5) is 0 Å². The van der Waals surface area contributed by atoms with Crippen LogP contribution in [0.5, 0.6) is 11.5 Å². The van der Waals surface area contributed by atoms with Gasteiger partial charge in [-0.25, -0.2) is 0 Å². The molecule has 0 bridgehead atoms. The van der Waals surface area contributed by atoms with Crippen molar-refractivity contribution < 1.29 is 19.1 Å². The number of Topliss-reactive ketones (excluding diaryl/α,β-unsaturated/α-hetero) is 1. The van der Waals surface area contributed by atoms with E-state index in [1.165, 1.54) is 0 Å². The lowest BCUT2D eigenvalue weighted by atomic mass is 9.96. The van der Waals surface area contributed by atoms with Gasteiger partial charge in [0.25, 0.3) is 5.91 Å². The lowest BCUT2D eigenvalue weighted by Gasteiger charge is -2.35. The average Bonchev–Trinajstić information content (AvgIpc) is 2.94. The highest BCUT2D eigenvalue weighted by Gasteiger charge is 2.29. The van der Waals surface area contributed by atoms with Gasteiger partial charge in [0.15, 0.2) is 11.5 Å². The summed E-state index contributed by atoms with van der Waals surface area (Å²) in [7, 11) is 0. The number of ether oxygens (including phenoxy) is 2. The number of carbonyl (C=O) groups excluding carboxylic acids is 2. The van der Waals surface area contributed by atoms with E-state index in [0.29, 0.717) is 30.0 Å². The molecule has 0 radical (unpaired) electrons. The zero-order chi connectivity index (χ0) is 14.8. The van der Waals surface area contributed by atoms with E-state index in [1.54, 1.807) is 25.1 Å². The average molecular weight is 289 g/mol. The molecule has 1 aromatic rings. The van der Waals surface area contributed by atoms with Gasteiger partial charge >= 0.3 is 0 Å². The van der Waals surface area contributed by atoms with E-state index in [2.05, 4.69) is 0 Å². The van der Waals surface area contributed by atoms with Crippen molar-refractivity contribution in [3.63, 3.8) is 0 Å². The predicted molar refractivity (Wildman–Crippen MR) is 76.5 cm³/mol. The van der Waals surface area contributed by atoms with Gasteiger partial charge in [0.1, 0.15) is 5.78 Å². The molecule has 112 valence electrons. The van der Waals surface area contributed by atoms with Crippen LogP contribution in [0.3, 0.4) is 0 Å². The number of fused-ring (bicyclic) bond motifs is 1. The third-order valence-electron chi connectivity index (χ3n) is 4.03. The molecule has 0 saturated carbocycles. The summed E-state index contributed by atoms with van der Waals surface area (Å²) in [6, 6.07) is 5.27. The van der Waals surface area contributed by atoms with Gasteiger partial charge in [-0.3, -0.25) is 9.59 Å². The van der Waals surface area contributed by atoms with Crippen LogP contribution in [0.1, 0.15) is 43.0 Å². The maximum absolute atomic E-state index is 12.7. The number of ketones is 1. The Morgan fingerprint density at radius 3 is 2.86 bits per heavy atom. The molecule has 5 heteroatoms. The number of likely N-dealkylation sites (tertiary alicyclic amines) is 1. The number of benzene rings is 1. The van der Waals surface area contributed by atoms with Crippen molar-refractivity contribution in [2.24, 2.45) is 0 Å². The number of piperidine rings is 1. The Morgan fingerprint density at radius 1 is 1.24 bits per heavy atom. The predicted octanol–water partition coefficient (Wildman–Crippen LogP) is 2.39. The minimum atomic E-state index is -0.0285. The van der Waals surface area contributed by atoms with Crippen LogP contribution in [0.2, 0.25) is 0 Å². The summed E-state index contributed by atoms with van der Waals surface area (Å²) >= 11 is 0. The largest absolute Gasteiger partial charge is 0.454 e. The van der Waals surface area contributed by atoms with Crippen LogP contribution in [-0.4, -0.2) is 36.0 Å². The Labute approximate surface area is 123 Å². The second-order valence-electron chi connectivity index (χ2n) is 5.62. The van der Waals surface area contributed by atoms with Crippen molar-refractivity contribution >= 4 is 11.7 Å². The fraction of sp³-hybridized carbons (Fsp3) is 0.500. The minimum absolute atomic E-state index is 0.0224. The summed E-state index contributed by atoms with van der Waals surface area (Å²) in [6.45, 7) is 2.49. The summed E-state index contributed by atoms with van der Waals surface area (Å²) in [4.78, 5) is 25.9. The number of rotatable bonds is 3. The van der Waals surface area contributed by atoms with E-state index in [1.807, 2.05) is 4.90 Å². The summed E-state index contributed by atoms with van der Waals surface area (Å²) in [6.07, 6.45) is 3.40.